The van der Waals surface area contributed by atoms with Gasteiger partial charge in [-0.3, -0.25) is 9.80 Å². The number of nitriles is 1. The number of ether oxygens (including phenoxy) is 4. The Balaban J connectivity index is 0.000000161. The van der Waals surface area contributed by atoms with Crippen molar-refractivity contribution in [3.8, 4) is 6.07 Å². The second kappa shape index (κ2) is 10.8. The van der Waals surface area contributed by atoms with Crippen LogP contribution in [0.4, 0.5) is 0 Å². The summed E-state index contributed by atoms with van der Waals surface area (Å²) in [7, 11) is 0. The molecule has 28 heavy (non-hydrogen) atoms. The smallest absolute Gasteiger partial charge is 0.113 e. The number of nitrogens with zero attached hydrogens (tertiary/aromatic N) is 3. The van der Waals surface area contributed by atoms with Gasteiger partial charge in [-0.05, 0) is 12.8 Å². The van der Waals surface area contributed by atoms with Crippen LogP contribution in [0.15, 0.2) is 0 Å². The molecule has 0 saturated carbocycles. The van der Waals surface area contributed by atoms with E-state index >= 15 is 0 Å². The van der Waals surface area contributed by atoms with Gasteiger partial charge in [0.2, 0.25) is 0 Å². The zero-order valence-corrected chi connectivity index (χ0v) is 17.1. The first-order valence-electron chi connectivity index (χ1n) is 10.7. The molecule has 0 aromatic carbocycles. The number of hydrogen-bond acceptors (Lipinski definition) is 8. The van der Waals surface area contributed by atoms with Crippen LogP contribution >= 0.6 is 0 Å². The van der Waals surface area contributed by atoms with Crippen molar-refractivity contribution in [2.75, 3.05) is 85.6 Å². The molecule has 0 amide bonds. The molecule has 0 aromatic rings. The molecule has 0 aromatic heterocycles. The van der Waals surface area contributed by atoms with Crippen molar-refractivity contribution in [1.82, 2.24) is 9.80 Å². The monoisotopic (exact) mass is 396 g/mol. The summed E-state index contributed by atoms with van der Waals surface area (Å²) in [6.45, 7) is 10.9. The molecule has 4 rings (SSSR count). The van der Waals surface area contributed by atoms with Crippen LogP contribution in [0.5, 0.6) is 0 Å². The van der Waals surface area contributed by atoms with E-state index < -0.39 is 0 Å². The fraction of sp³-hybridized carbons (Fsp3) is 0.950. The Kier molecular flexibility index (Phi) is 8.48. The first-order valence-corrected chi connectivity index (χ1v) is 10.7. The quantitative estimate of drug-likeness (QED) is 0.724. The van der Waals surface area contributed by atoms with Crippen molar-refractivity contribution < 1.29 is 18.9 Å². The van der Waals surface area contributed by atoms with Crippen LogP contribution in [0, 0.1) is 11.3 Å². The van der Waals surface area contributed by atoms with E-state index in [1.54, 1.807) is 0 Å². The van der Waals surface area contributed by atoms with Gasteiger partial charge in [0.25, 0.3) is 0 Å². The van der Waals surface area contributed by atoms with Crippen LogP contribution in [-0.2, 0) is 18.9 Å². The van der Waals surface area contributed by atoms with E-state index in [-0.39, 0.29) is 11.1 Å². The molecule has 4 aliphatic rings. The maximum atomic E-state index is 9.31. The Morgan fingerprint density at radius 1 is 0.679 bits per heavy atom. The van der Waals surface area contributed by atoms with E-state index in [0.717, 1.165) is 98.0 Å². The summed E-state index contributed by atoms with van der Waals surface area (Å²) in [6.07, 6.45) is 3.82. The molecular weight excluding hydrogens is 360 g/mol. The zero-order chi connectivity index (χ0) is 19.7. The maximum absolute atomic E-state index is 9.31. The first kappa shape index (κ1) is 21.9. The SMILES string of the molecule is N#CC1(N2CCOCC2)CCOCC1.NCC1(N2CCOCC2)CCOCC1. The minimum Gasteiger partial charge on any atom is -0.381 e. The maximum Gasteiger partial charge on any atom is 0.113 e. The minimum absolute atomic E-state index is 0.196. The van der Waals surface area contributed by atoms with Gasteiger partial charge in [0, 0.05) is 77.5 Å². The topological polar surface area (TPSA) is 93.2 Å². The summed E-state index contributed by atoms with van der Waals surface area (Å²) in [6, 6.07) is 2.48. The first-order chi connectivity index (χ1) is 13.7. The highest BCUT2D eigenvalue weighted by atomic mass is 16.5. The van der Waals surface area contributed by atoms with Crippen LogP contribution in [0.1, 0.15) is 25.7 Å². The summed E-state index contributed by atoms with van der Waals surface area (Å²) in [5.41, 5.74) is 5.85. The van der Waals surface area contributed by atoms with Crippen molar-refractivity contribution in [1.29, 1.82) is 5.26 Å². The van der Waals surface area contributed by atoms with Crippen LogP contribution in [0.2, 0.25) is 0 Å². The molecule has 4 heterocycles. The number of hydrogen-bond donors (Lipinski definition) is 1. The van der Waals surface area contributed by atoms with E-state index in [1.165, 1.54) is 0 Å². The fourth-order valence-electron chi connectivity index (χ4n) is 4.64. The Hall–Kier alpha value is -0.790. The third kappa shape index (κ3) is 5.22. The van der Waals surface area contributed by atoms with Gasteiger partial charge in [0.1, 0.15) is 5.54 Å². The van der Waals surface area contributed by atoms with E-state index in [9.17, 15) is 5.26 Å². The molecule has 0 aliphatic carbocycles. The molecule has 4 saturated heterocycles. The van der Waals surface area contributed by atoms with E-state index in [0.29, 0.717) is 13.2 Å². The normalized spacial score (nSPS) is 28.6. The molecule has 2 N–H and O–H groups in total. The Labute approximate surface area is 168 Å². The van der Waals surface area contributed by atoms with Crippen molar-refractivity contribution in [3.63, 3.8) is 0 Å². The van der Waals surface area contributed by atoms with Crippen molar-refractivity contribution in [2.45, 2.75) is 36.8 Å². The standard InChI is InChI=1S/C10H20N2O2.C10H16N2O2/c2*11-9-10(1-5-13-6-2-10)12-3-7-14-8-4-12/h1-9,11H2;1-8H2. The van der Waals surface area contributed by atoms with Gasteiger partial charge < -0.3 is 24.7 Å². The van der Waals surface area contributed by atoms with Crippen molar-refractivity contribution in [3.05, 3.63) is 0 Å². The molecule has 4 fully saturated rings. The average molecular weight is 397 g/mol. The Morgan fingerprint density at radius 3 is 1.57 bits per heavy atom. The van der Waals surface area contributed by atoms with Gasteiger partial charge in [0.05, 0.1) is 32.5 Å². The lowest BCUT2D eigenvalue weighted by molar-refractivity contribution is -0.0669. The summed E-state index contributed by atoms with van der Waals surface area (Å²) >= 11 is 0. The molecular formula is C20H36N4O4. The fourth-order valence-corrected chi connectivity index (χ4v) is 4.64. The highest BCUT2D eigenvalue weighted by Gasteiger charge is 2.39. The van der Waals surface area contributed by atoms with E-state index in [2.05, 4.69) is 15.9 Å². The highest BCUT2D eigenvalue weighted by molar-refractivity contribution is 5.09. The highest BCUT2D eigenvalue weighted by Crippen LogP contribution is 2.28. The molecule has 8 heteroatoms. The lowest BCUT2D eigenvalue weighted by Gasteiger charge is -2.47. The predicted octanol–water partition coefficient (Wildman–Crippen LogP) is 0.218. The van der Waals surface area contributed by atoms with E-state index in [1.807, 2.05) is 0 Å². The molecule has 4 aliphatic heterocycles. The van der Waals surface area contributed by atoms with Gasteiger partial charge in [-0.15, -0.1) is 0 Å². The van der Waals surface area contributed by atoms with Crippen LogP contribution in [0.3, 0.4) is 0 Å². The summed E-state index contributed by atoms with van der Waals surface area (Å²) in [5, 5.41) is 9.31. The third-order valence-corrected chi connectivity index (χ3v) is 6.63. The predicted molar refractivity (Wildman–Crippen MR) is 105 cm³/mol. The van der Waals surface area contributed by atoms with Gasteiger partial charge in [-0.2, -0.15) is 5.26 Å². The molecule has 160 valence electrons. The summed E-state index contributed by atoms with van der Waals surface area (Å²) in [4.78, 5) is 4.76. The molecule has 0 radical (unpaired) electrons. The number of morpholine rings is 2. The van der Waals surface area contributed by atoms with Crippen molar-refractivity contribution >= 4 is 0 Å². The van der Waals surface area contributed by atoms with Crippen LogP contribution in [0.25, 0.3) is 0 Å². The number of nitrogens with two attached hydrogens (primary N) is 1. The Morgan fingerprint density at radius 2 is 1.11 bits per heavy atom. The average Bonchev–Trinajstić information content (AvgIpc) is 2.81. The third-order valence-electron chi connectivity index (χ3n) is 6.63. The molecule has 0 spiro atoms. The molecule has 8 nitrogen and oxygen atoms in total. The van der Waals surface area contributed by atoms with Gasteiger partial charge in [-0.25, -0.2) is 0 Å². The Bertz CT molecular complexity index is 489. The number of rotatable bonds is 3. The second-order valence-electron chi connectivity index (χ2n) is 8.00. The lowest BCUT2D eigenvalue weighted by Crippen LogP contribution is -2.59. The van der Waals surface area contributed by atoms with Gasteiger partial charge in [-0.1, -0.05) is 0 Å². The largest absolute Gasteiger partial charge is 0.381 e. The van der Waals surface area contributed by atoms with E-state index in [4.69, 9.17) is 24.7 Å². The zero-order valence-electron chi connectivity index (χ0n) is 17.1. The minimum atomic E-state index is -0.276. The van der Waals surface area contributed by atoms with Crippen LogP contribution in [-0.4, -0.2) is 106 Å². The van der Waals surface area contributed by atoms with Gasteiger partial charge in [0.15, 0.2) is 0 Å². The molecule has 0 atom stereocenters. The lowest BCUT2D eigenvalue weighted by atomic mass is 9.87. The van der Waals surface area contributed by atoms with Gasteiger partial charge >= 0.3 is 0 Å². The molecule has 0 bridgehead atoms. The summed E-state index contributed by atoms with van der Waals surface area (Å²) < 4.78 is 21.4. The second-order valence-corrected chi connectivity index (χ2v) is 8.00. The summed E-state index contributed by atoms with van der Waals surface area (Å²) in [5.74, 6) is 0. The van der Waals surface area contributed by atoms with Crippen LogP contribution < -0.4 is 5.73 Å². The molecule has 0 unspecified atom stereocenters. The van der Waals surface area contributed by atoms with Crippen molar-refractivity contribution in [2.24, 2.45) is 5.73 Å².